The maximum Gasteiger partial charge on any atom is 0.0351 e. The van der Waals surface area contributed by atoms with Gasteiger partial charge in [0.25, 0.3) is 0 Å². The first-order valence-electron chi connectivity index (χ1n) is 4.75. The van der Waals surface area contributed by atoms with Crippen LogP contribution in [0.1, 0.15) is 5.56 Å². The summed E-state index contributed by atoms with van der Waals surface area (Å²) in [5.41, 5.74) is 1.31. The molecule has 4 heteroatoms. The molecule has 0 unspecified atom stereocenters. The second kappa shape index (κ2) is 9.29. The lowest BCUT2D eigenvalue weighted by Gasteiger charge is -2.19. The van der Waals surface area contributed by atoms with Crippen LogP contribution >= 0.6 is 23.2 Å². The lowest BCUT2D eigenvalue weighted by Crippen LogP contribution is -3.00. The smallest absolute Gasteiger partial charge is 0.0351 e. The van der Waals surface area contributed by atoms with E-state index in [0.29, 0.717) is 11.8 Å². The molecule has 0 saturated heterocycles. The summed E-state index contributed by atoms with van der Waals surface area (Å²) in [6, 6.07) is 10.4. The minimum absolute atomic E-state index is 0. The summed E-state index contributed by atoms with van der Waals surface area (Å²) in [4.78, 5) is 2.26. The average Bonchev–Trinajstić information content (AvgIpc) is 2.20. The Balaban J connectivity index is 0.00000196. The van der Waals surface area contributed by atoms with Crippen molar-refractivity contribution in [3.8, 4) is 0 Å². The van der Waals surface area contributed by atoms with E-state index in [4.69, 9.17) is 23.2 Å². The Hall–Kier alpha value is 0.0500. The van der Waals surface area contributed by atoms with E-state index in [9.17, 15) is 0 Å². The molecule has 86 valence electrons. The molecule has 0 aliphatic carbocycles. The molecule has 0 N–H and O–H groups in total. The second-order valence-corrected chi connectivity index (χ2v) is 3.90. The van der Waals surface area contributed by atoms with E-state index in [0.717, 1.165) is 19.6 Å². The predicted octanol–water partition coefficient (Wildman–Crippen LogP) is -0.0298. The largest absolute Gasteiger partial charge is 1.00 e. The van der Waals surface area contributed by atoms with Crippen LogP contribution in [0.3, 0.4) is 0 Å². The van der Waals surface area contributed by atoms with Crippen molar-refractivity contribution in [3.05, 3.63) is 35.9 Å². The van der Waals surface area contributed by atoms with E-state index in [1.165, 1.54) is 5.56 Å². The molecule has 0 fully saturated rings. The first kappa shape index (κ1) is 15.0. The van der Waals surface area contributed by atoms with Crippen LogP contribution in [0.5, 0.6) is 0 Å². The Morgan fingerprint density at radius 2 is 1.47 bits per heavy atom. The van der Waals surface area contributed by atoms with Crippen LogP contribution in [0.4, 0.5) is 0 Å². The van der Waals surface area contributed by atoms with E-state index in [2.05, 4.69) is 29.2 Å². The van der Waals surface area contributed by atoms with Crippen molar-refractivity contribution in [3.63, 3.8) is 0 Å². The third kappa shape index (κ3) is 6.26. The molecule has 1 aromatic rings. The minimum atomic E-state index is 0. The Bertz CT molecular complexity index is 235. The Morgan fingerprint density at radius 3 is 1.93 bits per heavy atom. The zero-order valence-corrected chi connectivity index (χ0v) is 10.8. The Labute approximate surface area is 108 Å². The zero-order chi connectivity index (χ0) is 10.2. The summed E-state index contributed by atoms with van der Waals surface area (Å²) in [5, 5.41) is 0. The van der Waals surface area contributed by atoms with Crippen molar-refractivity contribution in [1.82, 2.24) is 4.90 Å². The van der Waals surface area contributed by atoms with E-state index < -0.39 is 0 Å². The molecule has 0 heterocycles. The second-order valence-electron chi connectivity index (χ2n) is 3.14. The number of hydrogen-bond acceptors (Lipinski definition) is 1. The summed E-state index contributed by atoms with van der Waals surface area (Å²) in [6.07, 6.45) is 0. The van der Waals surface area contributed by atoms with Crippen molar-refractivity contribution >= 4 is 23.2 Å². The van der Waals surface area contributed by atoms with Gasteiger partial charge in [0.2, 0.25) is 0 Å². The average molecular weight is 268 g/mol. The van der Waals surface area contributed by atoms with Crippen LogP contribution in [0.25, 0.3) is 0 Å². The number of nitrogens with zero attached hydrogens (tertiary/aromatic N) is 1. The molecule has 0 spiro atoms. The lowest BCUT2D eigenvalue weighted by molar-refractivity contribution is -0.00000276. The van der Waals surface area contributed by atoms with Crippen molar-refractivity contribution in [2.45, 2.75) is 6.54 Å². The highest BCUT2D eigenvalue weighted by Crippen LogP contribution is 2.04. The molecular formula is C11H15Cl3N-. The highest BCUT2D eigenvalue weighted by atomic mass is 35.5. The lowest BCUT2D eigenvalue weighted by atomic mass is 10.2. The summed E-state index contributed by atoms with van der Waals surface area (Å²) in [7, 11) is 0. The van der Waals surface area contributed by atoms with Gasteiger partial charge in [0, 0.05) is 31.4 Å². The minimum Gasteiger partial charge on any atom is -1.00 e. The maximum atomic E-state index is 5.71. The molecule has 1 aromatic carbocycles. The van der Waals surface area contributed by atoms with Gasteiger partial charge in [-0.05, 0) is 5.56 Å². The molecule has 0 atom stereocenters. The molecule has 0 aliphatic rings. The number of rotatable bonds is 6. The highest BCUT2D eigenvalue weighted by Gasteiger charge is 2.03. The van der Waals surface area contributed by atoms with Gasteiger partial charge in [-0.15, -0.1) is 23.2 Å². The quantitative estimate of drug-likeness (QED) is 0.655. The highest BCUT2D eigenvalue weighted by molar-refractivity contribution is 6.18. The van der Waals surface area contributed by atoms with E-state index >= 15 is 0 Å². The maximum absolute atomic E-state index is 5.71. The fourth-order valence-corrected chi connectivity index (χ4v) is 1.83. The number of benzene rings is 1. The topological polar surface area (TPSA) is 3.24 Å². The third-order valence-electron chi connectivity index (χ3n) is 2.05. The summed E-state index contributed by atoms with van der Waals surface area (Å²) < 4.78 is 0. The van der Waals surface area contributed by atoms with Crippen LogP contribution in [0.15, 0.2) is 30.3 Å². The fourth-order valence-electron chi connectivity index (χ4n) is 1.35. The fraction of sp³-hybridized carbons (Fsp3) is 0.455. The van der Waals surface area contributed by atoms with E-state index in [1.54, 1.807) is 0 Å². The summed E-state index contributed by atoms with van der Waals surface area (Å²) >= 11 is 11.4. The van der Waals surface area contributed by atoms with Crippen LogP contribution in [-0.2, 0) is 6.54 Å². The molecule has 0 radical (unpaired) electrons. The Kier molecular flexibility index (Phi) is 9.32. The van der Waals surface area contributed by atoms with Crippen molar-refractivity contribution < 1.29 is 12.4 Å². The Morgan fingerprint density at radius 1 is 0.933 bits per heavy atom. The van der Waals surface area contributed by atoms with Gasteiger partial charge in [0.1, 0.15) is 0 Å². The van der Waals surface area contributed by atoms with Gasteiger partial charge in [-0.3, -0.25) is 4.90 Å². The summed E-state index contributed by atoms with van der Waals surface area (Å²) in [6.45, 7) is 2.71. The molecule has 1 nitrogen and oxygen atoms in total. The normalized spacial score (nSPS) is 10.1. The van der Waals surface area contributed by atoms with Crippen LogP contribution < -0.4 is 12.4 Å². The van der Waals surface area contributed by atoms with Crippen molar-refractivity contribution in [1.29, 1.82) is 0 Å². The van der Waals surface area contributed by atoms with Gasteiger partial charge in [0.15, 0.2) is 0 Å². The zero-order valence-electron chi connectivity index (χ0n) is 8.50. The van der Waals surface area contributed by atoms with Crippen LogP contribution in [-0.4, -0.2) is 29.7 Å². The standard InChI is InChI=1S/C11H15Cl2N.ClH/c12-6-8-14(9-7-13)10-11-4-2-1-3-5-11;/h1-5H,6-10H2;1H/p-1. The number of halogens is 3. The monoisotopic (exact) mass is 266 g/mol. The molecule has 0 aromatic heterocycles. The third-order valence-corrected chi connectivity index (χ3v) is 2.39. The first-order valence-corrected chi connectivity index (χ1v) is 5.82. The molecule has 0 amide bonds. The first-order chi connectivity index (χ1) is 6.86. The SMILES string of the molecule is ClCCN(CCCl)Cc1ccccc1.[Cl-]. The van der Waals surface area contributed by atoms with Gasteiger partial charge in [-0.2, -0.15) is 0 Å². The van der Waals surface area contributed by atoms with Gasteiger partial charge in [0.05, 0.1) is 0 Å². The van der Waals surface area contributed by atoms with Crippen LogP contribution in [0, 0.1) is 0 Å². The molecule has 0 saturated carbocycles. The van der Waals surface area contributed by atoms with Gasteiger partial charge in [-0.1, -0.05) is 30.3 Å². The predicted molar refractivity (Wildman–Crippen MR) is 63.2 cm³/mol. The van der Waals surface area contributed by atoms with Crippen molar-refractivity contribution in [2.24, 2.45) is 0 Å². The van der Waals surface area contributed by atoms with E-state index in [-0.39, 0.29) is 12.4 Å². The molecule has 15 heavy (non-hydrogen) atoms. The molecular weight excluding hydrogens is 252 g/mol. The van der Waals surface area contributed by atoms with Gasteiger partial charge >= 0.3 is 0 Å². The number of hydrogen-bond donors (Lipinski definition) is 0. The van der Waals surface area contributed by atoms with Crippen LogP contribution in [0.2, 0.25) is 0 Å². The summed E-state index contributed by atoms with van der Waals surface area (Å²) in [5.74, 6) is 1.31. The van der Waals surface area contributed by atoms with Gasteiger partial charge < -0.3 is 12.4 Å². The molecule has 0 bridgehead atoms. The molecule has 1 rings (SSSR count). The van der Waals surface area contributed by atoms with E-state index in [1.807, 2.05) is 6.07 Å². The number of alkyl halides is 2. The molecule has 0 aliphatic heterocycles. The van der Waals surface area contributed by atoms with Crippen molar-refractivity contribution in [2.75, 3.05) is 24.8 Å². The van der Waals surface area contributed by atoms with Gasteiger partial charge in [-0.25, -0.2) is 0 Å².